The summed E-state index contributed by atoms with van der Waals surface area (Å²) in [7, 11) is 1.64. The summed E-state index contributed by atoms with van der Waals surface area (Å²) in [5.41, 5.74) is 2.18. The molecule has 0 fully saturated rings. The summed E-state index contributed by atoms with van der Waals surface area (Å²) in [6.07, 6.45) is 1.73. The van der Waals surface area contributed by atoms with Gasteiger partial charge in [-0.15, -0.1) is 0 Å². The van der Waals surface area contributed by atoms with Gasteiger partial charge in [-0.1, -0.05) is 15.9 Å². The molecule has 0 aliphatic heterocycles. The van der Waals surface area contributed by atoms with E-state index in [1.807, 2.05) is 6.07 Å². The van der Waals surface area contributed by atoms with Gasteiger partial charge < -0.3 is 4.74 Å². The molecule has 0 atom stereocenters. The quantitative estimate of drug-likeness (QED) is 0.776. The smallest absolute Gasteiger partial charge is 0.137 e. The number of rotatable bonds is 1. The summed E-state index contributed by atoms with van der Waals surface area (Å²) >= 11 is 3.52. The molecule has 0 N–H and O–H groups in total. The van der Waals surface area contributed by atoms with Crippen LogP contribution in [0.15, 0.2) is 28.9 Å². The van der Waals surface area contributed by atoms with Gasteiger partial charge in [0, 0.05) is 9.86 Å². The molecule has 2 nitrogen and oxygen atoms in total. The molecule has 72 valence electrons. The van der Waals surface area contributed by atoms with Crippen molar-refractivity contribution in [3.63, 3.8) is 0 Å². The van der Waals surface area contributed by atoms with Crippen LogP contribution in [-0.2, 0) is 0 Å². The van der Waals surface area contributed by atoms with E-state index < -0.39 is 0 Å². The summed E-state index contributed by atoms with van der Waals surface area (Å²) in [4.78, 5) is 4.32. The number of nitrogens with zero attached hydrogens (tertiary/aromatic N) is 1. The average molecular weight is 252 g/mol. The Bertz CT molecular complexity index is 482. The fraction of sp³-hybridized carbons (Fsp3) is 0.182. The van der Waals surface area contributed by atoms with Crippen LogP contribution < -0.4 is 4.74 Å². The molecule has 1 heterocycles. The van der Waals surface area contributed by atoms with Crippen LogP contribution in [0.4, 0.5) is 0 Å². The van der Waals surface area contributed by atoms with Crippen LogP contribution in [0.25, 0.3) is 10.9 Å². The summed E-state index contributed by atoms with van der Waals surface area (Å²) in [5.74, 6) is 0.780. The van der Waals surface area contributed by atoms with Gasteiger partial charge >= 0.3 is 0 Å². The van der Waals surface area contributed by atoms with Gasteiger partial charge in [0.15, 0.2) is 0 Å². The first-order valence-corrected chi connectivity index (χ1v) is 5.10. The second-order valence-corrected chi connectivity index (χ2v) is 4.04. The lowest BCUT2D eigenvalue weighted by molar-refractivity contribution is 0.413. The molecule has 0 aliphatic carbocycles. The molecule has 2 rings (SSSR count). The predicted octanol–water partition coefficient (Wildman–Crippen LogP) is 3.31. The first-order chi connectivity index (χ1) is 6.70. The van der Waals surface area contributed by atoms with E-state index in [-0.39, 0.29) is 0 Å². The zero-order valence-electron chi connectivity index (χ0n) is 8.04. The third kappa shape index (κ3) is 1.60. The van der Waals surface area contributed by atoms with Crippen LogP contribution >= 0.6 is 15.9 Å². The molecule has 0 radical (unpaired) electrons. The minimum absolute atomic E-state index is 0.780. The highest BCUT2D eigenvalue weighted by Crippen LogP contribution is 2.27. The average Bonchev–Trinajstić information content (AvgIpc) is 2.17. The third-order valence-electron chi connectivity index (χ3n) is 2.11. The molecular weight excluding hydrogens is 242 g/mol. The normalized spacial score (nSPS) is 10.5. The second kappa shape index (κ2) is 3.58. The number of benzene rings is 1. The standard InChI is InChI=1S/C11H10BrNO/c1-7-3-10(12)9-5-8(14-2)6-13-11(9)4-7/h3-6H,1-2H3. The Morgan fingerprint density at radius 2 is 2.07 bits per heavy atom. The number of ether oxygens (including phenoxy) is 1. The van der Waals surface area contributed by atoms with E-state index in [4.69, 9.17) is 4.74 Å². The maximum Gasteiger partial charge on any atom is 0.137 e. The summed E-state index contributed by atoms with van der Waals surface area (Å²) in [5, 5.41) is 1.08. The van der Waals surface area contributed by atoms with Crippen molar-refractivity contribution in [2.75, 3.05) is 7.11 Å². The lowest BCUT2D eigenvalue weighted by atomic mass is 10.1. The Morgan fingerprint density at radius 3 is 2.79 bits per heavy atom. The molecule has 1 aromatic heterocycles. The number of aryl methyl sites for hydroxylation is 1. The Kier molecular flexibility index (Phi) is 2.42. The first-order valence-electron chi connectivity index (χ1n) is 4.30. The Balaban J connectivity index is 2.75. The molecule has 0 aliphatic rings. The van der Waals surface area contributed by atoms with E-state index in [0.717, 1.165) is 21.1 Å². The van der Waals surface area contributed by atoms with Crippen LogP contribution in [0.2, 0.25) is 0 Å². The molecule has 3 heteroatoms. The van der Waals surface area contributed by atoms with Gasteiger partial charge in [-0.2, -0.15) is 0 Å². The number of hydrogen-bond acceptors (Lipinski definition) is 2. The fourth-order valence-electron chi connectivity index (χ4n) is 1.41. The second-order valence-electron chi connectivity index (χ2n) is 3.19. The van der Waals surface area contributed by atoms with Crippen molar-refractivity contribution in [1.82, 2.24) is 4.98 Å². The van der Waals surface area contributed by atoms with Gasteiger partial charge in [0.05, 0.1) is 18.8 Å². The van der Waals surface area contributed by atoms with Crippen molar-refractivity contribution in [2.24, 2.45) is 0 Å². The van der Waals surface area contributed by atoms with Gasteiger partial charge in [-0.05, 0) is 30.7 Å². The van der Waals surface area contributed by atoms with E-state index in [9.17, 15) is 0 Å². The number of pyridine rings is 1. The number of methoxy groups -OCH3 is 1. The Labute approximate surface area is 91.0 Å². The van der Waals surface area contributed by atoms with Crippen molar-refractivity contribution >= 4 is 26.8 Å². The van der Waals surface area contributed by atoms with Gasteiger partial charge in [0.1, 0.15) is 5.75 Å². The molecule has 0 saturated carbocycles. The maximum atomic E-state index is 5.12. The molecule has 0 saturated heterocycles. The molecule has 0 amide bonds. The van der Waals surface area contributed by atoms with E-state index in [2.05, 4.69) is 40.0 Å². The van der Waals surface area contributed by atoms with Crippen molar-refractivity contribution in [2.45, 2.75) is 6.92 Å². The highest BCUT2D eigenvalue weighted by molar-refractivity contribution is 9.10. The van der Waals surface area contributed by atoms with Crippen molar-refractivity contribution in [3.8, 4) is 5.75 Å². The van der Waals surface area contributed by atoms with Crippen LogP contribution in [-0.4, -0.2) is 12.1 Å². The minimum Gasteiger partial charge on any atom is -0.495 e. The number of hydrogen-bond donors (Lipinski definition) is 0. The first kappa shape index (κ1) is 9.46. The lowest BCUT2D eigenvalue weighted by Gasteiger charge is -2.04. The molecule has 2 aromatic rings. The fourth-order valence-corrected chi connectivity index (χ4v) is 2.09. The third-order valence-corrected chi connectivity index (χ3v) is 2.76. The topological polar surface area (TPSA) is 22.1 Å². The zero-order chi connectivity index (χ0) is 10.1. The SMILES string of the molecule is COc1cnc2cc(C)cc(Br)c2c1. The summed E-state index contributed by atoms with van der Waals surface area (Å²) < 4.78 is 6.18. The Hall–Kier alpha value is -1.09. The van der Waals surface area contributed by atoms with Crippen molar-refractivity contribution in [1.29, 1.82) is 0 Å². The Morgan fingerprint density at radius 1 is 1.29 bits per heavy atom. The van der Waals surface area contributed by atoms with E-state index in [1.54, 1.807) is 13.3 Å². The zero-order valence-corrected chi connectivity index (χ0v) is 9.63. The number of fused-ring (bicyclic) bond motifs is 1. The maximum absolute atomic E-state index is 5.12. The predicted molar refractivity (Wildman–Crippen MR) is 60.7 cm³/mol. The molecule has 14 heavy (non-hydrogen) atoms. The van der Waals surface area contributed by atoms with Crippen molar-refractivity contribution in [3.05, 3.63) is 34.4 Å². The van der Waals surface area contributed by atoms with Crippen LogP contribution in [0.1, 0.15) is 5.56 Å². The monoisotopic (exact) mass is 251 g/mol. The summed E-state index contributed by atoms with van der Waals surface area (Å²) in [6, 6.07) is 6.11. The van der Waals surface area contributed by atoms with E-state index in [0.29, 0.717) is 0 Å². The summed E-state index contributed by atoms with van der Waals surface area (Å²) in [6.45, 7) is 2.05. The van der Waals surface area contributed by atoms with Gasteiger partial charge in [-0.3, -0.25) is 4.98 Å². The minimum atomic E-state index is 0.780. The molecule has 0 unspecified atom stereocenters. The molecule has 0 bridgehead atoms. The van der Waals surface area contributed by atoms with E-state index >= 15 is 0 Å². The lowest BCUT2D eigenvalue weighted by Crippen LogP contribution is -1.87. The molecular formula is C11H10BrNO. The highest BCUT2D eigenvalue weighted by atomic mass is 79.9. The molecule has 1 aromatic carbocycles. The largest absolute Gasteiger partial charge is 0.495 e. The van der Waals surface area contributed by atoms with Gasteiger partial charge in [-0.25, -0.2) is 0 Å². The number of aromatic nitrogens is 1. The number of halogens is 1. The van der Waals surface area contributed by atoms with Crippen LogP contribution in [0.3, 0.4) is 0 Å². The molecule has 0 spiro atoms. The van der Waals surface area contributed by atoms with Crippen LogP contribution in [0, 0.1) is 6.92 Å². The highest BCUT2D eigenvalue weighted by Gasteiger charge is 2.02. The van der Waals surface area contributed by atoms with Crippen LogP contribution in [0.5, 0.6) is 5.75 Å². The van der Waals surface area contributed by atoms with Crippen molar-refractivity contribution < 1.29 is 4.74 Å². The van der Waals surface area contributed by atoms with Gasteiger partial charge in [0.25, 0.3) is 0 Å². The van der Waals surface area contributed by atoms with Gasteiger partial charge in [0.2, 0.25) is 0 Å². The van der Waals surface area contributed by atoms with E-state index in [1.165, 1.54) is 5.56 Å².